The molecule has 10 heavy (non-hydrogen) atoms. The normalized spacial score (nSPS) is 7.20. The van der Waals surface area contributed by atoms with Gasteiger partial charge >= 0.3 is 0 Å². The fourth-order valence-corrected chi connectivity index (χ4v) is 0. The Morgan fingerprint density at radius 1 is 1.00 bits per heavy atom. The number of aliphatic hydroxyl groups excluding tert-OH is 1. The first kappa shape index (κ1) is 16.5. The van der Waals surface area contributed by atoms with Crippen LogP contribution in [0.1, 0.15) is 54.4 Å². The molecular weight excluding hydrogens is 124 g/mol. The van der Waals surface area contributed by atoms with E-state index in [4.69, 9.17) is 5.11 Å². The molecule has 0 heterocycles. The molecule has 0 aliphatic carbocycles. The molecule has 0 amide bonds. The van der Waals surface area contributed by atoms with E-state index in [2.05, 4.69) is 13.8 Å². The Bertz CT molecular complexity index is 21.2. The maximum Gasteiger partial charge on any atom is 0.0483 e. The lowest BCUT2D eigenvalue weighted by molar-refractivity contribution is 0.216. The van der Waals surface area contributed by atoms with Crippen LogP contribution < -0.4 is 0 Å². The highest BCUT2D eigenvalue weighted by Crippen LogP contribution is 1.76. The summed E-state index contributed by atoms with van der Waals surface area (Å²) in [7, 11) is 0. The van der Waals surface area contributed by atoms with Crippen LogP contribution in [-0.2, 0) is 0 Å². The maximum absolute atomic E-state index is 8.06. The molecule has 1 heteroatoms. The fraction of sp³-hybridized carbons (Fsp3) is 1.00. The third-order valence-corrected chi connectivity index (χ3v) is 0.500. The predicted molar refractivity (Wildman–Crippen MR) is 49.3 cm³/mol. The second-order valence-electron chi connectivity index (χ2n) is 2.09. The number of unbranched alkanes of at least 4 members (excludes halogenated alkanes) is 1. The molecule has 0 fully saturated rings. The smallest absolute Gasteiger partial charge is 0.0483 e. The van der Waals surface area contributed by atoms with Crippen LogP contribution in [0.15, 0.2) is 0 Å². The molecule has 0 bridgehead atoms. The zero-order chi connectivity index (χ0) is 8.99. The highest BCUT2D eigenvalue weighted by molar-refractivity contribution is 4.20. The SMILES string of the molecule is CC.CC(C)O.CCCC. The average Bonchev–Trinajstić information content (AvgIpc) is 1.91. The molecule has 0 aliphatic rings. The Morgan fingerprint density at radius 3 is 1.10 bits per heavy atom. The van der Waals surface area contributed by atoms with Gasteiger partial charge in [0.1, 0.15) is 0 Å². The van der Waals surface area contributed by atoms with Gasteiger partial charge in [0.15, 0.2) is 0 Å². The molecule has 0 saturated heterocycles. The van der Waals surface area contributed by atoms with Crippen molar-refractivity contribution < 1.29 is 5.11 Å². The van der Waals surface area contributed by atoms with Crippen molar-refractivity contribution in [1.29, 1.82) is 0 Å². The van der Waals surface area contributed by atoms with Crippen molar-refractivity contribution >= 4 is 0 Å². The first-order valence-electron chi connectivity index (χ1n) is 4.33. The summed E-state index contributed by atoms with van der Waals surface area (Å²) in [6.45, 7) is 11.8. The number of hydrogen-bond donors (Lipinski definition) is 1. The van der Waals surface area contributed by atoms with Gasteiger partial charge in [0, 0.05) is 6.10 Å². The van der Waals surface area contributed by atoms with E-state index in [1.165, 1.54) is 12.8 Å². The summed E-state index contributed by atoms with van der Waals surface area (Å²) < 4.78 is 0. The molecule has 0 rings (SSSR count). The summed E-state index contributed by atoms with van der Waals surface area (Å²) in [5, 5.41) is 8.06. The Hall–Kier alpha value is -0.0400. The zero-order valence-corrected chi connectivity index (χ0v) is 8.44. The van der Waals surface area contributed by atoms with Crippen molar-refractivity contribution in [3.8, 4) is 0 Å². The molecule has 0 aromatic rings. The molecule has 1 N–H and O–H groups in total. The summed E-state index contributed by atoms with van der Waals surface area (Å²) in [6.07, 6.45) is 2.47. The van der Waals surface area contributed by atoms with E-state index in [1.807, 2.05) is 13.8 Å². The van der Waals surface area contributed by atoms with Crippen LogP contribution in [0.4, 0.5) is 0 Å². The van der Waals surface area contributed by atoms with Gasteiger partial charge in [0.05, 0.1) is 0 Å². The van der Waals surface area contributed by atoms with E-state index in [1.54, 1.807) is 13.8 Å². The van der Waals surface area contributed by atoms with Gasteiger partial charge in [0.25, 0.3) is 0 Å². The standard InChI is InChI=1S/C4H10.C3H8O.C2H6/c1-3-4-2;1-3(2)4;1-2/h3-4H2,1-2H3;3-4H,1-2H3;1-2H3. The largest absolute Gasteiger partial charge is 0.394 e. The minimum absolute atomic E-state index is 0.167. The first-order chi connectivity index (χ1) is 4.65. The minimum Gasteiger partial charge on any atom is -0.394 e. The molecule has 0 saturated carbocycles. The topological polar surface area (TPSA) is 20.2 Å². The monoisotopic (exact) mass is 148 g/mol. The van der Waals surface area contributed by atoms with Crippen molar-refractivity contribution in [2.24, 2.45) is 0 Å². The Morgan fingerprint density at radius 2 is 1.10 bits per heavy atom. The molecule has 66 valence electrons. The van der Waals surface area contributed by atoms with Gasteiger partial charge in [-0.05, 0) is 13.8 Å². The second kappa shape index (κ2) is 23.1. The van der Waals surface area contributed by atoms with Crippen molar-refractivity contribution in [1.82, 2.24) is 0 Å². The average molecular weight is 148 g/mol. The Labute approximate surface area is 66.5 Å². The Kier molecular flexibility index (Phi) is 38.1. The van der Waals surface area contributed by atoms with Crippen molar-refractivity contribution in [2.45, 2.75) is 60.5 Å². The van der Waals surface area contributed by atoms with Crippen LogP contribution in [0.2, 0.25) is 0 Å². The van der Waals surface area contributed by atoms with Gasteiger partial charge in [0.2, 0.25) is 0 Å². The molecule has 0 atom stereocenters. The number of rotatable bonds is 1. The van der Waals surface area contributed by atoms with Crippen LogP contribution in [0.5, 0.6) is 0 Å². The van der Waals surface area contributed by atoms with Gasteiger partial charge in [-0.3, -0.25) is 0 Å². The fourth-order valence-electron chi connectivity index (χ4n) is 0. The van der Waals surface area contributed by atoms with E-state index in [0.29, 0.717) is 0 Å². The molecule has 0 unspecified atom stereocenters. The summed E-state index contributed by atoms with van der Waals surface area (Å²) >= 11 is 0. The molecule has 0 aromatic carbocycles. The second-order valence-corrected chi connectivity index (χ2v) is 2.09. The highest BCUT2D eigenvalue weighted by atomic mass is 16.3. The van der Waals surface area contributed by atoms with E-state index in [0.717, 1.165) is 0 Å². The quantitative estimate of drug-likeness (QED) is 0.605. The lowest BCUT2D eigenvalue weighted by Gasteiger charge is -1.80. The summed E-state index contributed by atoms with van der Waals surface area (Å²) in [5.74, 6) is 0. The van der Waals surface area contributed by atoms with Crippen LogP contribution in [0.25, 0.3) is 0 Å². The van der Waals surface area contributed by atoms with Crippen LogP contribution in [0.3, 0.4) is 0 Å². The summed E-state index contributed by atoms with van der Waals surface area (Å²) in [6, 6.07) is 0. The van der Waals surface area contributed by atoms with Gasteiger partial charge in [-0.15, -0.1) is 0 Å². The minimum atomic E-state index is -0.167. The highest BCUT2D eigenvalue weighted by Gasteiger charge is 1.69. The van der Waals surface area contributed by atoms with E-state index >= 15 is 0 Å². The lowest BCUT2D eigenvalue weighted by atomic mass is 10.4. The molecule has 0 radical (unpaired) electrons. The molecule has 0 spiro atoms. The van der Waals surface area contributed by atoms with Crippen molar-refractivity contribution in [3.05, 3.63) is 0 Å². The van der Waals surface area contributed by atoms with Crippen molar-refractivity contribution in [2.75, 3.05) is 0 Å². The van der Waals surface area contributed by atoms with Crippen LogP contribution in [0, 0.1) is 0 Å². The molecule has 0 aromatic heterocycles. The third kappa shape index (κ3) is 418. The number of hydrogen-bond acceptors (Lipinski definition) is 1. The van der Waals surface area contributed by atoms with Gasteiger partial charge < -0.3 is 5.11 Å². The van der Waals surface area contributed by atoms with Gasteiger partial charge in [-0.25, -0.2) is 0 Å². The maximum atomic E-state index is 8.06. The van der Waals surface area contributed by atoms with Crippen molar-refractivity contribution in [3.63, 3.8) is 0 Å². The molecule has 0 aliphatic heterocycles. The third-order valence-electron chi connectivity index (χ3n) is 0.500. The van der Waals surface area contributed by atoms with Crippen LogP contribution in [-0.4, -0.2) is 11.2 Å². The van der Waals surface area contributed by atoms with Gasteiger partial charge in [-0.1, -0.05) is 40.5 Å². The summed E-state index contributed by atoms with van der Waals surface area (Å²) in [4.78, 5) is 0. The van der Waals surface area contributed by atoms with Gasteiger partial charge in [-0.2, -0.15) is 0 Å². The molecule has 1 nitrogen and oxygen atoms in total. The first-order valence-corrected chi connectivity index (χ1v) is 4.33. The zero-order valence-electron chi connectivity index (χ0n) is 8.44. The van der Waals surface area contributed by atoms with E-state index in [9.17, 15) is 0 Å². The van der Waals surface area contributed by atoms with E-state index in [-0.39, 0.29) is 6.10 Å². The molecular formula is C9H24O. The summed E-state index contributed by atoms with van der Waals surface area (Å²) in [5.41, 5.74) is 0. The Balaban J connectivity index is -0.0000000787. The van der Waals surface area contributed by atoms with Crippen LogP contribution >= 0.6 is 0 Å². The van der Waals surface area contributed by atoms with E-state index < -0.39 is 0 Å². The number of aliphatic hydroxyl groups is 1. The predicted octanol–water partition coefficient (Wildman–Crippen LogP) is 3.22. The lowest BCUT2D eigenvalue weighted by Crippen LogP contribution is -1.85.